The van der Waals surface area contributed by atoms with E-state index in [1.807, 2.05) is 31.2 Å². The second kappa shape index (κ2) is 7.00. The SMILES string of the molecule is C[C@H](CNc1ccc(S(C)(=O)=O)cc1[N+](=O)[O-])c1nc2ccccc2s1. The normalized spacial score (nSPS) is 12.8. The maximum Gasteiger partial charge on any atom is 0.293 e. The number of aromatic nitrogens is 1. The number of nitro benzene ring substituents is 1. The zero-order chi connectivity index (χ0) is 18.9. The molecule has 0 saturated carbocycles. The van der Waals surface area contributed by atoms with Gasteiger partial charge in [-0.25, -0.2) is 13.4 Å². The van der Waals surface area contributed by atoms with Gasteiger partial charge in [-0.1, -0.05) is 19.1 Å². The van der Waals surface area contributed by atoms with Gasteiger partial charge in [-0.15, -0.1) is 11.3 Å². The monoisotopic (exact) mass is 391 g/mol. The number of fused-ring (bicyclic) bond motifs is 1. The first kappa shape index (κ1) is 18.3. The van der Waals surface area contributed by atoms with Crippen LogP contribution in [-0.4, -0.2) is 31.1 Å². The number of para-hydroxylation sites is 1. The molecule has 0 aliphatic carbocycles. The van der Waals surface area contributed by atoms with Crippen LogP contribution in [0.4, 0.5) is 11.4 Å². The average Bonchev–Trinajstić information content (AvgIpc) is 3.02. The Morgan fingerprint density at radius 1 is 1.27 bits per heavy atom. The fourth-order valence-corrected chi connectivity index (χ4v) is 4.15. The number of rotatable bonds is 6. The van der Waals surface area contributed by atoms with Crippen molar-refractivity contribution in [1.82, 2.24) is 4.98 Å². The highest BCUT2D eigenvalue weighted by Gasteiger charge is 2.20. The van der Waals surface area contributed by atoms with Gasteiger partial charge in [0.2, 0.25) is 0 Å². The molecule has 0 bridgehead atoms. The van der Waals surface area contributed by atoms with E-state index in [2.05, 4.69) is 10.3 Å². The van der Waals surface area contributed by atoms with Crippen LogP contribution in [0.15, 0.2) is 47.4 Å². The van der Waals surface area contributed by atoms with Gasteiger partial charge in [0.15, 0.2) is 9.84 Å². The molecule has 0 spiro atoms. The molecule has 1 atom stereocenters. The van der Waals surface area contributed by atoms with Crippen LogP contribution in [-0.2, 0) is 9.84 Å². The highest BCUT2D eigenvalue weighted by molar-refractivity contribution is 7.90. The summed E-state index contributed by atoms with van der Waals surface area (Å²) in [6, 6.07) is 11.7. The Hall–Kier alpha value is -2.52. The van der Waals surface area contributed by atoms with Gasteiger partial charge in [0.1, 0.15) is 5.69 Å². The van der Waals surface area contributed by atoms with E-state index in [9.17, 15) is 18.5 Å². The van der Waals surface area contributed by atoms with Gasteiger partial charge in [-0.3, -0.25) is 10.1 Å². The molecule has 0 amide bonds. The molecular formula is C17H17N3O4S2. The number of nitro groups is 1. The third kappa shape index (κ3) is 3.83. The van der Waals surface area contributed by atoms with Crippen LogP contribution >= 0.6 is 11.3 Å². The Morgan fingerprint density at radius 2 is 2.00 bits per heavy atom. The van der Waals surface area contributed by atoms with Gasteiger partial charge in [-0.05, 0) is 24.3 Å². The molecule has 3 rings (SSSR count). The molecule has 1 N–H and O–H groups in total. The molecular weight excluding hydrogens is 374 g/mol. The van der Waals surface area contributed by atoms with E-state index in [1.54, 1.807) is 11.3 Å². The van der Waals surface area contributed by atoms with Crippen molar-refractivity contribution in [3.8, 4) is 0 Å². The quantitative estimate of drug-likeness (QED) is 0.506. The molecule has 0 aliphatic rings. The number of nitrogens with one attached hydrogen (secondary N) is 1. The molecule has 0 fully saturated rings. The van der Waals surface area contributed by atoms with E-state index in [0.717, 1.165) is 27.5 Å². The van der Waals surface area contributed by atoms with Crippen molar-refractivity contribution in [1.29, 1.82) is 0 Å². The molecule has 1 aromatic heterocycles. The maximum atomic E-state index is 11.6. The standard InChI is InChI=1S/C17H17N3O4S2/c1-11(17-19-14-5-3-4-6-16(14)25-17)10-18-13-8-7-12(26(2,23)24)9-15(13)20(21)22/h3-9,11,18H,10H2,1-2H3/t11-/m1/s1. The van der Waals surface area contributed by atoms with Crippen LogP contribution in [0.2, 0.25) is 0 Å². The van der Waals surface area contributed by atoms with Gasteiger partial charge >= 0.3 is 0 Å². The van der Waals surface area contributed by atoms with Crippen molar-refractivity contribution < 1.29 is 13.3 Å². The minimum absolute atomic E-state index is 0.0431. The summed E-state index contributed by atoms with van der Waals surface area (Å²) in [5, 5.41) is 15.3. The van der Waals surface area contributed by atoms with Gasteiger partial charge in [-0.2, -0.15) is 0 Å². The summed E-state index contributed by atoms with van der Waals surface area (Å²) in [6.45, 7) is 2.43. The number of sulfone groups is 1. The second-order valence-electron chi connectivity index (χ2n) is 6.01. The summed E-state index contributed by atoms with van der Waals surface area (Å²) in [5.41, 5.74) is 0.961. The predicted octanol–water partition coefficient (Wildman–Crippen LogP) is 3.82. The van der Waals surface area contributed by atoms with E-state index in [1.165, 1.54) is 12.1 Å². The molecule has 3 aromatic rings. The number of thiazole rings is 1. The number of benzene rings is 2. The number of anilines is 1. The van der Waals surface area contributed by atoms with Crippen molar-refractivity contribution in [2.75, 3.05) is 18.1 Å². The third-order valence-electron chi connectivity index (χ3n) is 3.92. The summed E-state index contributed by atoms with van der Waals surface area (Å²) in [4.78, 5) is 15.2. The molecule has 2 aromatic carbocycles. The highest BCUT2D eigenvalue weighted by atomic mass is 32.2. The topological polar surface area (TPSA) is 102 Å². The molecule has 9 heteroatoms. The van der Waals surface area contributed by atoms with Gasteiger partial charge in [0.05, 0.1) is 25.0 Å². The average molecular weight is 391 g/mol. The van der Waals surface area contributed by atoms with Crippen LogP contribution in [0.1, 0.15) is 17.8 Å². The Bertz CT molecular complexity index is 1040. The fourth-order valence-electron chi connectivity index (χ4n) is 2.49. The van der Waals surface area contributed by atoms with E-state index < -0.39 is 14.8 Å². The van der Waals surface area contributed by atoms with Gasteiger partial charge in [0.25, 0.3) is 5.69 Å². The zero-order valence-electron chi connectivity index (χ0n) is 14.2. The molecule has 0 aliphatic heterocycles. The first-order valence-electron chi connectivity index (χ1n) is 7.83. The fraction of sp³-hybridized carbons (Fsp3) is 0.235. The van der Waals surface area contributed by atoms with Crippen molar-refractivity contribution >= 4 is 42.8 Å². The van der Waals surface area contributed by atoms with Gasteiger partial charge in [0, 0.05) is 24.8 Å². The second-order valence-corrected chi connectivity index (χ2v) is 9.09. The van der Waals surface area contributed by atoms with E-state index in [4.69, 9.17) is 0 Å². The molecule has 7 nitrogen and oxygen atoms in total. The molecule has 136 valence electrons. The molecule has 0 radical (unpaired) electrons. The van der Waals surface area contributed by atoms with E-state index in [-0.39, 0.29) is 22.2 Å². The molecule has 0 saturated heterocycles. The zero-order valence-corrected chi connectivity index (χ0v) is 15.8. The lowest BCUT2D eigenvalue weighted by Crippen LogP contribution is -2.11. The number of hydrogen-bond donors (Lipinski definition) is 1. The first-order valence-corrected chi connectivity index (χ1v) is 10.5. The summed E-state index contributed by atoms with van der Waals surface area (Å²) < 4.78 is 24.3. The van der Waals surface area contributed by atoms with Gasteiger partial charge < -0.3 is 5.32 Å². The predicted molar refractivity (Wildman–Crippen MR) is 103 cm³/mol. The Kier molecular flexibility index (Phi) is 4.92. The van der Waals surface area contributed by atoms with Crippen LogP contribution < -0.4 is 5.32 Å². The lowest BCUT2D eigenvalue weighted by Gasteiger charge is -2.12. The van der Waals surface area contributed by atoms with Crippen molar-refractivity contribution in [3.63, 3.8) is 0 Å². The van der Waals surface area contributed by atoms with Crippen LogP contribution in [0.25, 0.3) is 10.2 Å². The largest absolute Gasteiger partial charge is 0.379 e. The number of hydrogen-bond acceptors (Lipinski definition) is 7. The van der Waals surface area contributed by atoms with E-state index >= 15 is 0 Å². The third-order valence-corrected chi connectivity index (χ3v) is 6.30. The summed E-state index contributed by atoms with van der Waals surface area (Å²) >= 11 is 1.59. The molecule has 26 heavy (non-hydrogen) atoms. The minimum atomic E-state index is -3.51. The molecule has 0 unspecified atom stereocenters. The Labute approximate surface area is 154 Å². The van der Waals surface area contributed by atoms with E-state index in [0.29, 0.717) is 6.54 Å². The molecule has 1 heterocycles. The Balaban J connectivity index is 1.81. The Morgan fingerprint density at radius 3 is 2.65 bits per heavy atom. The lowest BCUT2D eigenvalue weighted by molar-refractivity contribution is -0.384. The minimum Gasteiger partial charge on any atom is -0.379 e. The maximum absolute atomic E-state index is 11.6. The highest BCUT2D eigenvalue weighted by Crippen LogP contribution is 2.30. The smallest absolute Gasteiger partial charge is 0.293 e. The van der Waals surface area contributed by atoms with Crippen LogP contribution in [0.3, 0.4) is 0 Å². The van der Waals surface area contributed by atoms with Crippen LogP contribution in [0.5, 0.6) is 0 Å². The number of nitrogens with zero attached hydrogens (tertiary/aromatic N) is 2. The van der Waals surface area contributed by atoms with Crippen LogP contribution in [0, 0.1) is 10.1 Å². The first-order chi connectivity index (χ1) is 12.3. The summed E-state index contributed by atoms with van der Waals surface area (Å²) in [7, 11) is -3.51. The summed E-state index contributed by atoms with van der Waals surface area (Å²) in [6.07, 6.45) is 1.02. The summed E-state index contributed by atoms with van der Waals surface area (Å²) in [5.74, 6) is 0.0431. The van der Waals surface area contributed by atoms with Crippen molar-refractivity contribution in [2.45, 2.75) is 17.7 Å². The van der Waals surface area contributed by atoms with Crippen molar-refractivity contribution in [3.05, 3.63) is 57.6 Å². The lowest BCUT2D eigenvalue weighted by atomic mass is 10.2. The van der Waals surface area contributed by atoms with Crippen molar-refractivity contribution in [2.24, 2.45) is 0 Å².